The Morgan fingerprint density at radius 1 is 1.39 bits per heavy atom. The molecule has 0 aromatic carbocycles. The molecule has 0 aliphatic carbocycles. The number of likely N-dealkylation sites (tertiary alicyclic amines) is 1. The van der Waals surface area contributed by atoms with Gasteiger partial charge >= 0.3 is 0 Å². The zero-order valence-corrected chi connectivity index (χ0v) is 14.3. The van der Waals surface area contributed by atoms with E-state index in [4.69, 9.17) is 14.7 Å². The Balaban J connectivity index is 1.93. The normalized spacial score (nSPS) is 21.5. The van der Waals surface area contributed by atoms with E-state index >= 15 is 0 Å². The molecule has 0 saturated carbocycles. The molecular formula is C16H27N3O4. The van der Waals surface area contributed by atoms with Gasteiger partial charge in [0.05, 0.1) is 18.8 Å². The van der Waals surface area contributed by atoms with Gasteiger partial charge in [-0.05, 0) is 25.7 Å². The van der Waals surface area contributed by atoms with Crippen LogP contribution in [0.2, 0.25) is 0 Å². The van der Waals surface area contributed by atoms with Gasteiger partial charge in [-0.25, -0.2) is 0 Å². The van der Waals surface area contributed by atoms with Crippen molar-refractivity contribution < 1.29 is 19.1 Å². The van der Waals surface area contributed by atoms with Crippen LogP contribution in [0.5, 0.6) is 0 Å². The van der Waals surface area contributed by atoms with E-state index in [1.165, 1.54) is 0 Å². The lowest BCUT2D eigenvalue weighted by molar-refractivity contribution is -0.153. The number of nitrogens with one attached hydrogen (secondary N) is 1. The predicted octanol–water partition coefficient (Wildman–Crippen LogP) is 1.04. The van der Waals surface area contributed by atoms with Crippen molar-refractivity contribution in [3.05, 3.63) is 0 Å². The van der Waals surface area contributed by atoms with Crippen LogP contribution in [0.15, 0.2) is 0 Å². The highest BCUT2D eigenvalue weighted by Crippen LogP contribution is 2.32. The van der Waals surface area contributed by atoms with Gasteiger partial charge in [0, 0.05) is 33.1 Å². The molecule has 1 aliphatic rings. The molecule has 2 amide bonds. The largest absolute Gasteiger partial charge is 0.379 e. The van der Waals surface area contributed by atoms with E-state index in [1.807, 2.05) is 14.0 Å². The standard InChI is InChI=1S/C16H27N3O4/c1-13(10-14(20)18-12-17)4-6-22-8-9-23-7-5-16(2)11-15(21)19(16)3/h13H,4-11H2,1-3H3,(H,18,20). The van der Waals surface area contributed by atoms with Crippen LogP contribution < -0.4 is 5.32 Å². The number of ether oxygens (including phenoxy) is 2. The summed E-state index contributed by atoms with van der Waals surface area (Å²) >= 11 is 0. The smallest absolute Gasteiger partial charge is 0.233 e. The summed E-state index contributed by atoms with van der Waals surface area (Å²) in [6.07, 6.45) is 4.15. The van der Waals surface area contributed by atoms with E-state index in [-0.39, 0.29) is 23.3 Å². The summed E-state index contributed by atoms with van der Waals surface area (Å²) in [6, 6.07) is 0. The summed E-state index contributed by atoms with van der Waals surface area (Å²) in [7, 11) is 1.83. The molecule has 2 atom stereocenters. The molecule has 1 rings (SSSR count). The number of β-lactam (4-membered cyclic amide) rings is 1. The molecule has 130 valence electrons. The Morgan fingerprint density at radius 3 is 2.61 bits per heavy atom. The number of hydrogen-bond acceptors (Lipinski definition) is 5. The SMILES string of the molecule is CC(CCOCCOCCC1(C)CC(=O)N1C)CC(=O)NC#N. The lowest BCUT2D eigenvalue weighted by Gasteiger charge is -2.47. The monoisotopic (exact) mass is 325 g/mol. The molecule has 0 aromatic rings. The minimum atomic E-state index is -0.253. The molecule has 7 nitrogen and oxygen atoms in total. The fourth-order valence-corrected chi connectivity index (χ4v) is 2.46. The first-order valence-electron chi connectivity index (χ1n) is 7.99. The average Bonchev–Trinajstić information content (AvgIpc) is 2.49. The fraction of sp³-hybridized carbons (Fsp3) is 0.812. The zero-order chi connectivity index (χ0) is 17.3. The van der Waals surface area contributed by atoms with Crippen molar-refractivity contribution in [2.24, 2.45) is 5.92 Å². The van der Waals surface area contributed by atoms with Gasteiger partial charge in [-0.1, -0.05) is 6.92 Å². The quantitative estimate of drug-likeness (QED) is 0.265. The second-order valence-corrected chi connectivity index (χ2v) is 6.36. The Bertz CT molecular complexity index is 449. The van der Waals surface area contributed by atoms with Crippen LogP contribution in [-0.4, -0.2) is 55.7 Å². The fourth-order valence-electron chi connectivity index (χ4n) is 2.46. The third-order valence-electron chi connectivity index (χ3n) is 4.36. The van der Waals surface area contributed by atoms with Gasteiger partial charge in [-0.3, -0.25) is 14.9 Å². The summed E-state index contributed by atoms with van der Waals surface area (Å²) in [4.78, 5) is 24.2. The van der Waals surface area contributed by atoms with Crippen molar-refractivity contribution in [1.29, 1.82) is 5.26 Å². The first kappa shape index (κ1) is 19.4. The summed E-state index contributed by atoms with van der Waals surface area (Å²) < 4.78 is 11.0. The maximum absolute atomic E-state index is 11.2. The first-order chi connectivity index (χ1) is 10.9. The van der Waals surface area contributed by atoms with E-state index in [2.05, 4.69) is 12.2 Å². The molecule has 23 heavy (non-hydrogen) atoms. The summed E-state index contributed by atoms with van der Waals surface area (Å²) in [5.74, 6) is 0.112. The van der Waals surface area contributed by atoms with Crippen molar-refractivity contribution in [1.82, 2.24) is 10.2 Å². The maximum Gasteiger partial charge on any atom is 0.233 e. The molecule has 7 heteroatoms. The van der Waals surface area contributed by atoms with Crippen molar-refractivity contribution in [2.75, 3.05) is 33.5 Å². The minimum absolute atomic E-state index is 0.0582. The second-order valence-electron chi connectivity index (χ2n) is 6.36. The number of hydrogen-bond donors (Lipinski definition) is 1. The van der Waals surface area contributed by atoms with Crippen LogP contribution in [0.25, 0.3) is 0 Å². The van der Waals surface area contributed by atoms with Gasteiger partial charge in [0.15, 0.2) is 6.19 Å². The molecule has 0 radical (unpaired) electrons. The van der Waals surface area contributed by atoms with E-state index < -0.39 is 0 Å². The third-order valence-corrected chi connectivity index (χ3v) is 4.36. The van der Waals surface area contributed by atoms with Gasteiger partial charge in [0.2, 0.25) is 11.8 Å². The molecule has 2 unspecified atom stereocenters. The molecule has 0 spiro atoms. The van der Waals surface area contributed by atoms with E-state index in [0.29, 0.717) is 39.3 Å². The van der Waals surface area contributed by atoms with Gasteiger partial charge < -0.3 is 14.4 Å². The molecule has 1 N–H and O–H groups in total. The maximum atomic E-state index is 11.2. The second kappa shape index (κ2) is 9.48. The Labute approximate surface area is 137 Å². The first-order valence-corrected chi connectivity index (χ1v) is 7.99. The number of carbonyl (C=O) groups is 2. The molecular weight excluding hydrogens is 298 g/mol. The van der Waals surface area contributed by atoms with Crippen molar-refractivity contribution in [3.63, 3.8) is 0 Å². The summed E-state index contributed by atoms with van der Waals surface area (Å²) in [6.45, 7) is 6.24. The van der Waals surface area contributed by atoms with Crippen molar-refractivity contribution in [3.8, 4) is 6.19 Å². The average molecular weight is 325 g/mol. The predicted molar refractivity (Wildman–Crippen MR) is 84.2 cm³/mol. The van der Waals surface area contributed by atoms with Crippen LogP contribution in [0, 0.1) is 17.4 Å². The van der Waals surface area contributed by atoms with E-state index in [1.54, 1.807) is 11.1 Å². The summed E-state index contributed by atoms with van der Waals surface area (Å²) in [5, 5.41) is 10.4. The molecule has 1 saturated heterocycles. The number of nitriles is 1. The van der Waals surface area contributed by atoms with Crippen LogP contribution in [-0.2, 0) is 19.1 Å². The zero-order valence-electron chi connectivity index (χ0n) is 14.3. The number of amides is 2. The van der Waals surface area contributed by atoms with Crippen LogP contribution >= 0.6 is 0 Å². The molecule has 1 aliphatic heterocycles. The highest BCUT2D eigenvalue weighted by atomic mass is 16.5. The molecule has 0 bridgehead atoms. The lowest BCUT2D eigenvalue weighted by atomic mass is 9.84. The van der Waals surface area contributed by atoms with Gasteiger partial charge in [-0.15, -0.1) is 0 Å². The van der Waals surface area contributed by atoms with Crippen molar-refractivity contribution >= 4 is 11.8 Å². The Morgan fingerprint density at radius 2 is 2.04 bits per heavy atom. The number of rotatable bonds is 11. The Hall–Kier alpha value is -1.65. The highest BCUT2D eigenvalue weighted by Gasteiger charge is 2.43. The molecule has 1 heterocycles. The van der Waals surface area contributed by atoms with E-state index in [9.17, 15) is 9.59 Å². The van der Waals surface area contributed by atoms with Crippen LogP contribution in [0.1, 0.15) is 39.5 Å². The lowest BCUT2D eigenvalue weighted by Crippen LogP contribution is -2.60. The van der Waals surface area contributed by atoms with Crippen LogP contribution in [0.4, 0.5) is 0 Å². The van der Waals surface area contributed by atoms with Gasteiger partial charge in [0.25, 0.3) is 0 Å². The van der Waals surface area contributed by atoms with E-state index in [0.717, 1.165) is 12.8 Å². The summed E-state index contributed by atoms with van der Waals surface area (Å²) in [5.41, 5.74) is -0.0582. The molecule has 1 fully saturated rings. The van der Waals surface area contributed by atoms with Gasteiger partial charge in [0.1, 0.15) is 0 Å². The number of nitrogens with zero attached hydrogens (tertiary/aromatic N) is 2. The Kier molecular flexibility index (Phi) is 8.00. The third kappa shape index (κ3) is 6.55. The molecule has 0 aromatic heterocycles. The number of carbonyl (C=O) groups excluding carboxylic acids is 2. The minimum Gasteiger partial charge on any atom is -0.379 e. The topological polar surface area (TPSA) is 91.7 Å². The van der Waals surface area contributed by atoms with Crippen LogP contribution in [0.3, 0.4) is 0 Å². The van der Waals surface area contributed by atoms with Crippen molar-refractivity contribution in [2.45, 2.75) is 45.1 Å². The van der Waals surface area contributed by atoms with Gasteiger partial charge in [-0.2, -0.15) is 5.26 Å². The highest BCUT2D eigenvalue weighted by molar-refractivity contribution is 5.84.